The molecule has 9 heteroatoms. The van der Waals surface area contributed by atoms with E-state index in [2.05, 4.69) is 50.9 Å². The predicted octanol–water partition coefficient (Wildman–Crippen LogP) is 4.46. The fraction of sp³-hybridized carbons (Fsp3) is 0.433. The SMILES string of the molecule is CCc1ccccc1C(=O)Nc1cc(-c2cnc(N3CCOCC3)nc2)c(F)cc1N1C[C@@H](C)N(C)[C@@H](C)C1. The van der Waals surface area contributed by atoms with Crippen molar-refractivity contribution in [3.8, 4) is 11.1 Å². The fourth-order valence-electron chi connectivity index (χ4n) is 5.37. The van der Waals surface area contributed by atoms with Crippen LogP contribution in [0.2, 0.25) is 0 Å². The molecule has 2 saturated heterocycles. The monoisotopic (exact) mass is 532 g/mol. The lowest BCUT2D eigenvalue weighted by molar-refractivity contribution is 0.102. The molecule has 0 unspecified atom stereocenters. The van der Waals surface area contributed by atoms with E-state index in [4.69, 9.17) is 4.74 Å². The summed E-state index contributed by atoms with van der Waals surface area (Å²) in [5.74, 6) is 0.0171. The lowest BCUT2D eigenvalue weighted by atomic mass is 10.0. The van der Waals surface area contributed by atoms with E-state index in [1.165, 1.54) is 6.07 Å². The molecule has 3 heterocycles. The summed E-state index contributed by atoms with van der Waals surface area (Å²) in [6.07, 6.45) is 4.03. The summed E-state index contributed by atoms with van der Waals surface area (Å²) >= 11 is 0. The first-order valence-electron chi connectivity index (χ1n) is 13.7. The Morgan fingerprint density at radius 1 is 1.05 bits per heavy atom. The van der Waals surface area contributed by atoms with Gasteiger partial charge in [0.05, 0.1) is 24.6 Å². The quantitative estimate of drug-likeness (QED) is 0.502. The Kier molecular flexibility index (Phi) is 8.09. The zero-order valence-corrected chi connectivity index (χ0v) is 23.2. The van der Waals surface area contributed by atoms with Crippen molar-refractivity contribution >= 4 is 23.2 Å². The number of aromatic nitrogens is 2. The van der Waals surface area contributed by atoms with Gasteiger partial charge < -0.3 is 19.9 Å². The highest BCUT2D eigenvalue weighted by Gasteiger charge is 2.29. The Morgan fingerprint density at radius 2 is 1.72 bits per heavy atom. The Labute approximate surface area is 229 Å². The first-order valence-corrected chi connectivity index (χ1v) is 13.7. The molecule has 0 aliphatic carbocycles. The molecule has 1 amide bonds. The van der Waals surface area contributed by atoms with Crippen LogP contribution < -0.4 is 15.1 Å². The summed E-state index contributed by atoms with van der Waals surface area (Å²) in [5, 5.41) is 3.12. The van der Waals surface area contributed by atoms with Crippen LogP contribution in [-0.4, -0.2) is 79.3 Å². The van der Waals surface area contributed by atoms with Crippen LogP contribution in [0.4, 0.5) is 21.7 Å². The van der Waals surface area contributed by atoms with Crippen LogP contribution in [0, 0.1) is 5.82 Å². The van der Waals surface area contributed by atoms with Crippen LogP contribution >= 0.6 is 0 Å². The number of nitrogens with zero attached hydrogens (tertiary/aromatic N) is 5. The van der Waals surface area contributed by atoms with Gasteiger partial charge in [-0.15, -0.1) is 0 Å². The van der Waals surface area contributed by atoms with Crippen LogP contribution in [0.25, 0.3) is 11.1 Å². The fourth-order valence-corrected chi connectivity index (χ4v) is 5.37. The number of morpholine rings is 1. The summed E-state index contributed by atoms with van der Waals surface area (Å²) < 4.78 is 21.2. The van der Waals surface area contributed by atoms with Gasteiger partial charge in [0.25, 0.3) is 5.91 Å². The maximum absolute atomic E-state index is 15.7. The van der Waals surface area contributed by atoms with Crippen molar-refractivity contribution < 1.29 is 13.9 Å². The molecule has 0 bridgehead atoms. The van der Waals surface area contributed by atoms with E-state index in [9.17, 15) is 4.79 Å². The van der Waals surface area contributed by atoms with Crippen molar-refractivity contribution in [3.63, 3.8) is 0 Å². The van der Waals surface area contributed by atoms with Crippen LogP contribution in [0.1, 0.15) is 36.7 Å². The molecule has 2 fully saturated rings. The summed E-state index contributed by atoms with van der Waals surface area (Å²) in [5.41, 5.74) is 3.74. The highest BCUT2D eigenvalue weighted by atomic mass is 19.1. The number of rotatable bonds is 6. The van der Waals surface area contributed by atoms with E-state index in [1.807, 2.05) is 31.2 Å². The van der Waals surface area contributed by atoms with Gasteiger partial charge in [-0.25, -0.2) is 14.4 Å². The van der Waals surface area contributed by atoms with E-state index >= 15 is 4.39 Å². The van der Waals surface area contributed by atoms with Gasteiger partial charge in [-0.05, 0) is 51.1 Å². The number of carbonyl (C=O) groups excluding carboxylic acids is 1. The smallest absolute Gasteiger partial charge is 0.255 e. The van der Waals surface area contributed by atoms with Crippen molar-refractivity contribution in [2.45, 2.75) is 39.3 Å². The molecule has 2 atom stereocenters. The lowest BCUT2D eigenvalue weighted by Gasteiger charge is -2.44. The molecule has 5 rings (SSSR count). The van der Waals surface area contributed by atoms with Crippen LogP contribution in [0.15, 0.2) is 48.8 Å². The van der Waals surface area contributed by atoms with Gasteiger partial charge in [0.1, 0.15) is 5.82 Å². The summed E-state index contributed by atoms with van der Waals surface area (Å²) in [7, 11) is 2.11. The molecule has 2 aromatic carbocycles. The van der Waals surface area contributed by atoms with Gasteiger partial charge in [0.15, 0.2) is 0 Å². The van der Waals surface area contributed by atoms with Crippen molar-refractivity contribution in [2.75, 3.05) is 61.6 Å². The number of anilines is 3. The second-order valence-electron chi connectivity index (χ2n) is 10.5. The maximum Gasteiger partial charge on any atom is 0.255 e. The Balaban J connectivity index is 1.51. The average Bonchev–Trinajstić information content (AvgIpc) is 2.96. The first kappa shape index (κ1) is 27.0. The number of amides is 1. The maximum atomic E-state index is 15.7. The van der Waals surface area contributed by atoms with Gasteiger partial charge in [-0.3, -0.25) is 9.69 Å². The topological polar surface area (TPSA) is 73.8 Å². The lowest BCUT2D eigenvalue weighted by Crippen LogP contribution is -2.55. The van der Waals surface area contributed by atoms with Crippen molar-refractivity contribution in [1.29, 1.82) is 0 Å². The number of ether oxygens (including phenoxy) is 1. The zero-order valence-electron chi connectivity index (χ0n) is 23.2. The first-order chi connectivity index (χ1) is 18.9. The Bertz CT molecular complexity index is 1300. The minimum Gasteiger partial charge on any atom is -0.378 e. The molecule has 3 aromatic rings. The second-order valence-corrected chi connectivity index (χ2v) is 10.5. The van der Waals surface area contributed by atoms with E-state index in [0.717, 1.165) is 38.2 Å². The van der Waals surface area contributed by atoms with Crippen molar-refractivity contribution in [2.24, 2.45) is 0 Å². The number of likely N-dealkylation sites (N-methyl/N-ethyl adjacent to an activating group) is 1. The molecule has 0 radical (unpaired) electrons. The van der Waals surface area contributed by atoms with Crippen LogP contribution in [-0.2, 0) is 11.2 Å². The second kappa shape index (κ2) is 11.7. The number of nitrogens with one attached hydrogen (secondary N) is 1. The Hall–Kier alpha value is -3.56. The third-order valence-corrected chi connectivity index (χ3v) is 7.92. The van der Waals surface area contributed by atoms with E-state index < -0.39 is 0 Å². The van der Waals surface area contributed by atoms with Crippen molar-refractivity contribution in [1.82, 2.24) is 14.9 Å². The van der Waals surface area contributed by atoms with Crippen LogP contribution in [0.3, 0.4) is 0 Å². The number of piperazine rings is 1. The molecule has 0 spiro atoms. The van der Waals surface area contributed by atoms with Crippen molar-refractivity contribution in [3.05, 3.63) is 65.7 Å². The molecule has 39 heavy (non-hydrogen) atoms. The molecule has 0 saturated carbocycles. The van der Waals surface area contributed by atoms with E-state index in [0.29, 0.717) is 47.2 Å². The van der Waals surface area contributed by atoms with Crippen LogP contribution in [0.5, 0.6) is 0 Å². The summed E-state index contributed by atoms with van der Waals surface area (Å²) in [6, 6.07) is 11.4. The largest absolute Gasteiger partial charge is 0.378 e. The minimum atomic E-state index is -0.376. The third-order valence-electron chi connectivity index (χ3n) is 7.92. The van der Waals surface area contributed by atoms with Gasteiger partial charge in [0, 0.05) is 67.3 Å². The van der Waals surface area contributed by atoms with E-state index in [1.54, 1.807) is 18.5 Å². The minimum absolute atomic E-state index is 0.208. The average molecular weight is 533 g/mol. The molecule has 2 aliphatic rings. The van der Waals surface area contributed by atoms with E-state index in [-0.39, 0.29) is 23.8 Å². The number of benzene rings is 2. The molecule has 8 nitrogen and oxygen atoms in total. The highest BCUT2D eigenvalue weighted by Crippen LogP contribution is 2.36. The van der Waals surface area contributed by atoms with Gasteiger partial charge >= 0.3 is 0 Å². The molecule has 2 aliphatic heterocycles. The Morgan fingerprint density at radius 3 is 2.38 bits per heavy atom. The molecule has 206 valence electrons. The molecule has 1 N–H and O–H groups in total. The molecular weight excluding hydrogens is 495 g/mol. The number of hydrogen-bond acceptors (Lipinski definition) is 7. The number of halogens is 1. The summed E-state index contributed by atoms with van der Waals surface area (Å²) in [4.78, 5) is 29.1. The van der Waals surface area contributed by atoms with Gasteiger partial charge in [0.2, 0.25) is 5.95 Å². The summed E-state index contributed by atoms with van der Waals surface area (Å²) in [6.45, 7) is 10.5. The number of carbonyl (C=O) groups is 1. The van der Waals surface area contributed by atoms with Gasteiger partial charge in [-0.2, -0.15) is 0 Å². The highest BCUT2D eigenvalue weighted by molar-refractivity contribution is 6.07. The number of aryl methyl sites for hydroxylation is 1. The molecule has 1 aromatic heterocycles. The predicted molar refractivity (Wildman–Crippen MR) is 153 cm³/mol. The standard InChI is InChI=1S/C30H37FN6O2/c1-5-22-8-6-7-9-24(22)29(38)34-27-14-25(23-16-32-30(33-17-23)36-10-12-39-13-11-36)26(31)15-28(27)37-18-20(2)35(4)21(3)19-37/h6-9,14-17,20-21H,5,10-13,18-19H2,1-4H3,(H,34,38)/t20-,21+. The molecular formula is C30H37FN6O2. The normalized spacial score (nSPS) is 20.2. The zero-order chi connectivity index (χ0) is 27.5. The van der Waals surface area contributed by atoms with Gasteiger partial charge in [-0.1, -0.05) is 25.1 Å². The third kappa shape index (κ3) is 5.74. The number of hydrogen-bond donors (Lipinski definition) is 1.